The number of hydrogen-bond donors (Lipinski definition) is 3. The summed E-state index contributed by atoms with van der Waals surface area (Å²) in [5.41, 5.74) is 6.56. The first-order valence-electron chi connectivity index (χ1n) is 13.6. The maximum absolute atomic E-state index is 12.5. The molecule has 6 heteroatoms. The van der Waals surface area contributed by atoms with Crippen LogP contribution in [0.3, 0.4) is 0 Å². The second kappa shape index (κ2) is 10.8. The van der Waals surface area contributed by atoms with Crippen molar-refractivity contribution >= 4 is 23.0 Å². The van der Waals surface area contributed by atoms with E-state index in [-0.39, 0.29) is 12.3 Å². The molecule has 41 heavy (non-hydrogen) atoms. The van der Waals surface area contributed by atoms with Crippen LogP contribution in [-0.2, 0) is 16.8 Å². The quantitative estimate of drug-likeness (QED) is 0.120. The van der Waals surface area contributed by atoms with E-state index in [9.17, 15) is 15.4 Å². The number of anilines is 2. The van der Waals surface area contributed by atoms with Gasteiger partial charge >= 0.3 is 0 Å². The molecule has 6 rings (SSSR count). The van der Waals surface area contributed by atoms with Crippen molar-refractivity contribution in [2.24, 2.45) is 0 Å². The van der Waals surface area contributed by atoms with Crippen molar-refractivity contribution in [3.63, 3.8) is 0 Å². The highest BCUT2D eigenvalue weighted by Crippen LogP contribution is 2.43. The molecule has 4 aromatic carbocycles. The maximum atomic E-state index is 12.5. The lowest BCUT2D eigenvalue weighted by atomic mass is 9.76. The van der Waals surface area contributed by atoms with Crippen LogP contribution in [0.1, 0.15) is 45.5 Å². The number of pyridine rings is 1. The summed E-state index contributed by atoms with van der Waals surface area (Å²) in [5.74, 6) is -0.350. The Hall–Kier alpha value is -5.07. The molecule has 0 bridgehead atoms. The summed E-state index contributed by atoms with van der Waals surface area (Å²) in [7, 11) is 0. The number of amides is 1. The average Bonchev–Trinajstić information content (AvgIpc) is 3.02. The number of hydroxylamine groups is 1. The van der Waals surface area contributed by atoms with Gasteiger partial charge in [-0.25, -0.2) is 0 Å². The molecule has 0 radical (unpaired) electrons. The number of aromatic nitrogens is 1. The number of aryl methyl sites for hydroxylation is 2. The zero-order chi connectivity index (χ0) is 28.4. The Balaban J connectivity index is 1.63. The van der Waals surface area contributed by atoms with Crippen LogP contribution in [0.25, 0.3) is 0 Å². The molecule has 5 aromatic rings. The van der Waals surface area contributed by atoms with Gasteiger partial charge in [0.25, 0.3) is 5.91 Å². The van der Waals surface area contributed by atoms with Crippen molar-refractivity contribution in [1.29, 1.82) is 5.41 Å². The number of carbonyl (C=O) groups excluding carboxylic acids is 1. The van der Waals surface area contributed by atoms with E-state index >= 15 is 0 Å². The lowest BCUT2D eigenvalue weighted by Crippen LogP contribution is -2.39. The molecule has 1 aromatic heterocycles. The molecular weight excluding hydrogens is 508 g/mol. The molecule has 0 aliphatic carbocycles. The largest absolute Gasteiger partial charge is 0.367 e. The van der Waals surface area contributed by atoms with E-state index in [4.69, 9.17) is 0 Å². The van der Waals surface area contributed by atoms with E-state index in [0.29, 0.717) is 29.1 Å². The van der Waals surface area contributed by atoms with E-state index < -0.39 is 5.54 Å². The normalized spacial score (nSPS) is 13.0. The van der Waals surface area contributed by atoms with Gasteiger partial charge in [-0.05, 0) is 59.9 Å². The summed E-state index contributed by atoms with van der Waals surface area (Å²) < 4.78 is 0. The van der Waals surface area contributed by atoms with Crippen LogP contribution in [0.2, 0.25) is 0 Å². The van der Waals surface area contributed by atoms with Gasteiger partial charge in [0.05, 0.1) is 11.4 Å². The molecule has 1 aliphatic rings. The number of nitrogens with zero attached hydrogens (tertiary/aromatic N) is 2. The molecule has 0 fully saturated rings. The van der Waals surface area contributed by atoms with Gasteiger partial charge in [0.2, 0.25) is 0 Å². The summed E-state index contributed by atoms with van der Waals surface area (Å²) in [6, 6.07) is 38.0. The second-order valence-corrected chi connectivity index (χ2v) is 10.3. The van der Waals surface area contributed by atoms with Crippen LogP contribution < -0.4 is 10.4 Å². The van der Waals surface area contributed by atoms with Gasteiger partial charge in [0.1, 0.15) is 5.54 Å². The highest BCUT2D eigenvalue weighted by Gasteiger charge is 2.38. The molecule has 0 saturated carbocycles. The summed E-state index contributed by atoms with van der Waals surface area (Å²) in [4.78, 5) is 16.8. The molecule has 6 nitrogen and oxygen atoms in total. The van der Waals surface area contributed by atoms with Gasteiger partial charge in [-0.2, -0.15) is 5.06 Å². The van der Waals surface area contributed by atoms with E-state index in [0.717, 1.165) is 38.6 Å². The van der Waals surface area contributed by atoms with Crippen LogP contribution in [0.4, 0.5) is 11.4 Å². The van der Waals surface area contributed by atoms with Gasteiger partial charge in [-0.1, -0.05) is 91.0 Å². The first-order valence-corrected chi connectivity index (χ1v) is 13.6. The van der Waals surface area contributed by atoms with Gasteiger partial charge in [0.15, 0.2) is 0 Å². The van der Waals surface area contributed by atoms with Crippen molar-refractivity contribution in [1.82, 2.24) is 4.98 Å². The van der Waals surface area contributed by atoms with E-state index in [1.807, 2.05) is 79.7 Å². The van der Waals surface area contributed by atoms with E-state index in [1.165, 1.54) is 0 Å². The second-order valence-electron chi connectivity index (χ2n) is 10.3. The number of benzene rings is 4. The Morgan fingerprint density at radius 3 is 1.93 bits per heavy atom. The molecule has 3 N–H and O–H groups in total. The maximum Gasteiger partial charge on any atom is 0.251 e. The third-order valence-electron chi connectivity index (χ3n) is 7.69. The van der Waals surface area contributed by atoms with Crippen molar-refractivity contribution in [2.45, 2.75) is 25.3 Å². The molecule has 0 spiro atoms. The Kier molecular flexibility index (Phi) is 6.91. The number of rotatable bonds is 7. The average molecular weight is 539 g/mol. The van der Waals surface area contributed by atoms with Crippen LogP contribution in [0.5, 0.6) is 0 Å². The smallest absolute Gasteiger partial charge is 0.251 e. The van der Waals surface area contributed by atoms with Crippen molar-refractivity contribution in [3.05, 3.63) is 161 Å². The monoisotopic (exact) mass is 538 g/mol. The minimum absolute atomic E-state index is 0.208. The molecule has 2 heterocycles. The highest BCUT2D eigenvalue weighted by atomic mass is 16.5. The van der Waals surface area contributed by atoms with Crippen LogP contribution in [0.15, 0.2) is 121 Å². The molecule has 0 unspecified atom stereocenters. The SMILES string of the molecule is Cc1cc(C(=N)c2cc3c(cc2NC(c2ccccc2)(c2ccccc2)c2ccccc2)N(O)C(=O)CC3)ccn1. The molecule has 0 saturated heterocycles. The van der Waals surface area contributed by atoms with Gasteiger partial charge in [-0.3, -0.25) is 20.4 Å². The van der Waals surface area contributed by atoms with Gasteiger partial charge < -0.3 is 5.32 Å². The third kappa shape index (κ3) is 4.79. The van der Waals surface area contributed by atoms with Crippen LogP contribution in [0, 0.1) is 12.3 Å². The zero-order valence-electron chi connectivity index (χ0n) is 22.7. The molecule has 0 atom stereocenters. The van der Waals surface area contributed by atoms with E-state index in [2.05, 4.69) is 46.7 Å². The fraction of sp³-hybridized carbons (Fsp3) is 0.114. The summed E-state index contributed by atoms with van der Waals surface area (Å²) in [6.07, 6.45) is 2.41. The zero-order valence-corrected chi connectivity index (χ0v) is 22.7. The fourth-order valence-corrected chi connectivity index (χ4v) is 5.66. The van der Waals surface area contributed by atoms with E-state index in [1.54, 1.807) is 12.3 Å². The standard InChI is InChI=1S/C35H30N4O2/c1-24-21-26(19-20-37-24)34(36)30-22-25-17-18-33(40)39(41)32(25)23-31(30)38-35(27-11-5-2-6-12-27,28-13-7-3-8-14-28)29-15-9-4-10-16-29/h2-16,19-23,36,38,41H,17-18H2,1H3. The van der Waals surface area contributed by atoms with Crippen molar-refractivity contribution in [2.75, 3.05) is 10.4 Å². The Morgan fingerprint density at radius 2 is 1.39 bits per heavy atom. The molecule has 1 amide bonds. The lowest BCUT2D eigenvalue weighted by molar-refractivity contribution is -0.124. The number of hydrogen-bond acceptors (Lipinski definition) is 5. The summed E-state index contributed by atoms with van der Waals surface area (Å²) in [5, 5.41) is 24.7. The Bertz CT molecular complexity index is 1620. The first-order chi connectivity index (χ1) is 20.0. The van der Waals surface area contributed by atoms with Crippen molar-refractivity contribution in [3.8, 4) is 0 Å². The Labute approximate surface area is 239 Å². The van der Waals surface area contributed by atoms with Gasteiger partial charge in [-0.15, -0.1) is 0 Å². The minimum atomic E-state index is -0.861. The topological polar surface area (TPSA) is 89.3 Å². The van der Waals surface area contributed by atoms with Crippen LogP contribution in [-0.4, -0.2) is 21.8 Å². The van der Waals surface area contributed by atoms with Crippen LogP contribution >= 0.6 is 0 Å². The minimum Gasteiger partial charge on any atom is -0.367 e. The summed E-state index contributed by atoms with van der Waals surface area (Å²) >= 11 is 0. The van der Waals surface area contributed by atoms with Gasteiger partial charge in [0, 0.05) is 35.1 Å². The predicted octanol–water partition coefficient (Wildman–Crippen LogP) is 6.88. The third-order valence-corrected chi connectivity index (χ3v) is 7.69. The fourth-order valence-electron chi connectivity index (χ4n) is 5.66. The molecule has 1 aliphatic heterocycles. The number of fused-ring (bicyclic) bond motifs is 1. The highest BCUT2D eigenvalue weighted by molar-refractivity contribution is 6.15. The summed E-state index contributed by atoms with van der Waals surface area (Å²) in [6.45, 7) is 1.91. The first kappa shape index (κ1) is 26.2. The number of nitrogens with one attached hydrogen (secondary N) is 2. The lowest BCUT2D eigenvalue weighted by Gasteiger charge is -2.39. The number of carbonyl (C=O) groups is 1. The predicted molar refractivity (Wildman–Crippen MR) is 162 cm³/mol. The molecular formula is C35H30N4O2. The Morgan fingerprint density at radius 1 is 0.829 bits per heavy atom. The molecule has 202 valence electrons. The van der Waals surface area contributed by atoms with Crippen molar-refractivity contribution < 1.29 is 10.0 Å².